The molecule has 0 atom stereocenters. The van der Waals surface area contributed by atoms with Gasteiger partial charge in [0.25, 0.3) is 5.69 Å². The zero-order valence-electron chi connectivity index (χ0n) is 18.2. The molecule has 0 amide bonds. The Bertz CT molecular complexity index is 1440. The van der Waals surface area contributed by atoms with Crippen molar-refractivity contribution in [1.29, 1.82) is 5.26 Å². The number of allylic oxidation sites excluding steroid dienone is 1. The van der Waals surface area contributed by atoms with Crippen molar-refractivity contribution in [1.82, 2.24) is 0 Å². The number of ether oxygens (including phenoxy) is 2. The summed E-state index contributed by atoms with van der Waals surface area (Å²) >= 11 is 6.51. The Labute approximate surface area is 201 Å². The van der Waals surface area contributed by atoms with Crippen molar-refractivity contribution in [3.63, 3.8) is 0 Å². The van der Waals surface area contributed by atoms with Crippen LogP contribution in [0.15, 0.2) is 78.9 Å². The van der Waals surface area contributed by atoms with E-state index in [1.54, 1.807) is 18.2 Å². The highest BCUT2D eigenvalue weighted by atomic mass is 35.5. The predicted molar refractivity (Wildman–Crippen MR) is 133 cm³/mol. The zero-order chi connectivity index (χ0) is 24.1. The number of benzene rings is 4. The van der Waals surface area contributed by atoms with Crippen molar-refractivity contribution in [2.24, 2.45) is 0 Å². The Morgan fingerprint density at radius 2 is 1.79 bits per heavy atom. The van der Waals surface area contributed by atoms with Gasteiger partial charge < -0.3 is 9.47 Å². The number of fused-ring (bicyclic) bond motifs is 1. The molecule has 34 heavy (non-hydrogen) atoms. The number of nitriles is 1. The molecule has 0 saturated carbocycles. The highest BCUT2D eigenvalue weighted by molar-refractivity contribution is 6.32. The van der Waals surface area contributed by atoms with Gasteiger partial charge in [-0.3, -0.25) is 10.1 Å². The molecular formula is C27H19ClN2O4. The van der Waals surface area contributed by atoms with Crippen molar-refractivity contribution < 1.29 is 14.4 Å². The average molecular weight is 471 g/mol. The fraction of sp³-hybridized carbons (Fsp3) is 0.0741. The molecule has 0 aliphatic rings. The molecule has 0 saturated heterocycles. The van der Waals surface area contributed by atoms with Gasteiger partial charge in [0.2, 0.25) is 0 Å². The molecule has 0 aliphatic heterocycles. The van der Waals surface area contributed by atoms with E-state index in [4.69, 9.17) is 21.1 Å². The first-order chi connectivity index (χ1) is 16.5. The minimum Gasteiger partial charge on any atom is -0.493 e. The highest BCUT2D eigenvalue weighted by Crippen LogP contribution is 2.38. The fourth-order valence-electron chi connectivity index (χ4n) is 3.56. The number of hydrogen-bond acceptors (Lipinski definition) is 5. The first-order valence-corrected chi connectivity index (χ1v) is 10.7. The Morgan fingerprint density at radius 3 is 2.47 bits per heavy atom. The first-order valence-electron chi connectivity index (χ1n) is 10.3. The van der Waals surface area contributed by atoms with E-state index in [1.165, 1.54) is 31.4 Å². The maximum absolute atomic E-state index is 10.9. The van der Waals surface area contributed by atoms with E-state index >= 15 is 0 Å². The molecule has 4 aromatic rings. The maximum atomic E-state index is 10.9. The number of nitrogens with zero attached hydrogens (tertiary/aromatic N) is 2. The second-order valence-corrected chi connectivity index (χ2v) is 7.89. The molecule has 4 aromatic carbocycles. The van der Waals surface area contributed by atoms with Crippen LogP contribution in [0.3, 0.4) is 0 Å². The van der Waals surface area contributed by atoms with Crippen molar-refractivity contribution in [3.05, 3.63) is 111 Å². The lowest BCUT2D eigenvalue weighted by Gasteiger charge is -2.14. The summed E-state index contributed by atoms with van der Waals surface area (Å²) in [6, 6.07) is 25.5. The van der Waals surface area contributed by atoms with E-state index in [-0.39, 0.29) is 5.69 Å². The van der Waals surface area contributed by atoms with Gasteiger partial charge in [0.1, 0.15) is 6.61 Å². The van der Waals surface area contributed by atoms with Crippen LogP contribution in [0.1, 0.15) is 16.7 Å². The van der Waals surface area contributed by atoms with E-state index in [2.05, 4.69) is 18.2 Å². The molecular weight excluding hydrogens is 452 g/mol. The largest absolute Gasteiger partial charge is 0.493 e. The molecule has 6 nitrogen and oxygen atoms in total. The van der Waals surface area contributed by atoms with Crippen LogP contribution >= 0.6 is 11.6 Å². The second-order valence-electron chi connectivity index (χ2n) is 7.48. The van der Waals surface area contributed by atoms with Crippen LogP contribution in [0.4, 0.5) is 5.69 Å². The molecule has 0 unspecified atom stereocenters. The van der Waals surface area contributed by atoms with E-state index in [9.17, 15) is 15.4 Å². The molecule has 0 bridgehead atoms. The molecule has 0 heterocycles. The van der Waals surface area contributed by atoms with Crippen LogP contribution < -0.4 is 9.47 Å². The third-order valence-electron chi connectivity index (χ3n) is 5.27. The smallest absolute Gasteiger partial charge is 0.269 e. The first kappa shape index (κ1) is 22.8. The lowest BCUT2D eigenvalue weighted by atomic mass is 10.0. The van der Waals surface area contributed by atoms with Crippen molar-refractivity contribution in [2.45, 2.75) is 6.61 Å². The second kappa shape index (κ2) is 10.1. The summed E-state index contributed by atoms with van der Waals surface area (Å²) in [6.07, 6.45) is 1.64. The number of methoxy groups -OCH3 is 1. The summed E-state index contributed by atoms with van der Waals surface area (Å²) < 4.78 is 11.5. The summed E-state index contributed by atoms with van der Waals surface area (Å²) in [5.74, 6) is 0.837. The lowest BCUT2D eigenvalue weighted by molar-refractivity contribution is -0.384. The number of nitro benzene ring substituents is 1. The van der Waals surface area contributed by atoms with E-state index in [0.29, 0.717) is 39.8 Å². The molecule has 0 radical (unpaired) electrons. The van der Waals surface area contributed by atoms with Crippen LogP contribution in [-0.2, 0) is 6.61 Å². The normalized spacial score (nSPS) is 11.1. The van der Waals surface area contributed by atoms with Gasteiger partial charge in [-0.05, 0) is 63.9 Å². The molecule has 168 valence electrons. The third kappa shape index (κ3) is 5.01. The summed E-state index contributed by atoms with van der Waals surface area (Å²) in [5, 5.41) is 23.1. The fourth-order valence-corrected chi connectivity index (χ4v) is 3.83. The van der Waals surface area contributed by atoms with Crippen LogP contribution in [-0.4, -0.2) is 12.0 Å². The summed E-state index contributed by atoms with van der Waals surface area (Å²) in [6.45, 7) is 0.308. The molecule has 0 spiro atoms. The number of non-ortho nitro benzene ring substituents is 1. The molecule has 4 rings (SSSR count). The Hall–Kier alpha value is -4.34. The van der Waals surface area contributed by atoms with Gasteiger partial charge in [0.05, 0.1) is 28.7 Å². The highest BCUT2D eigenvalue weighted by Gasteiger charge is 2.13. The number of rotatable bonds is 7. The summed E-state index contributed by atoms with van der Waals surface area (Å²) in [4.78, 5) is 10.4. The number of nitro groups is 1. The summed E-state index contributed by atoms with van der Waals surface area (Å²) in [7, 11) is 1.52. The SMILES string of the molecule is COc1cc(/C=C(/C#N)c2ccc([N+](=O)[O-])cc2)cc(Cl)c1OCc1ccc2ccccc2c1. The van der Waals surface area contributed by atoms with Gasteiger partial charge in [-0.1, -0.05) is 48.0 Å². The summed E-state index contributed by atoms with van der Waals surface area (Å²) in [5.41, 5.74) is 2.47. The quantitative estimate of drug-likeness (QED) is 0.125. The maximum Gasteiger partial charge on any atom is 0.269 e. The van der Waals surface area contributed by atoms with Crippen LogP contribution in [0.2, 0.25) is 5.02 Å². The minimum atomic E-state index is -0.485. The molecule has 0 aromatic heterocycles. The Morgan fingerprint density at radius 1 is 1.06 bits per heavy atom. The molecule has 0 aliphatic carbocycles. The third-order valence-corrected chi connectivity index (χ3v) is 5.55. The van der Waals surface area contributed by atoms with Gasteiger partial charge in [-0.2, -0.15) is 5.26 Å². The van der Waals surface area contributed by atoms with Gasteiger partial charge in [-0.15, -0.1) is 0 Å². The van der Waals surface area contributed by atoms with E-state index in [0.717, 1.165) is 16.3 Å². The number of hydrogen-bond donors (Lipinski definition) is 0. The minimum absolute atomic E-state index is 0.0429. The Balaban J connectivity index is 1.59. The zero-order valence-corrected chi connectivity index (χ0v) is 19.0. The van der Waals surface area contributed by atoms with Gasteiger partial charge in [0.15, 0.2) is 11.5 Å². The van der Waals surface area contributed by atoms with Gasteiger partial charge >= 0.3 is 0 Å². The lowest BCUT2D eigenvalue weighted by Crippen LogP contribution is -1.99. The van der Waals surface area contributed by atoms with Crippen molar-refractivity contribution in [3.8, 4) is 17.6 Å². The van der Waals surface area contributed by atoms with Crippen molar-refractivity contribution in [2.75, 3.05) is 7.11 Å². The Kier molecular flexibility index (Phi) is 6.77. The van der Waals surface area contributed by atoms with Crippen LogP contribution in [0, 0.1) is 21.4 Å². The van der Waals surface area contributed by atoms with Gasteiger partial charge in [0, 0.05) is 12.1 Å². The predicted octanol–water partition coefficient (Wildman–Crippen LogP) is 7.05. The van der Waals surface area contributed by atoms with E-state index < -0.39 is 4.92 Å². The monoisotopic (exact) mass is 470 g/mol. The van der Waals surface area contributed by atoms with Crippen LogP contribution in [0.25, 0.3) is 22.4 Å². The van der Waals surface area contributed by atoms with Gasteiger partial charge in [-0.25, -0.2) is 0 Å². The van der Waals surface area contributed by atoms with E-state index in [1.807, 2.05) is 30.3 Å². The van der Waals surface area contributed by atoms with Crippen molar-refractivity contribution >= 4 is 39.7 Å². The molecule has 0 fully saturated rings. The van der Waals surface area contributed by atoms with Crippen LogP contribution in [0.5, 0.6) is 11.5 Å². The standard InChI is InChI=1S/C27H19ClN2O4/c1-33-26-15-19(13-23(16-29)21-8-10-24(11-9-21)30(31)32)14-25(28)27(26)34-17-18-6-7-20-4-2-3-5-22(20)12-18/h2-15H,17H2,1H3/b23-13-. The molecule has 7 heteroatoms. The number of halogens is 1. The molecule has 0 N–H and O–H groups in total. The average Bonchev–Trinajstić information content (AvgIpc) is 2.86. The topological polar surface area (TPSA) is 85.4 Å².